The fourth-order valence-corrected chi connectivity index (χ4v) is 7.64. The molecule has 3 heterocycles. The molecule has 0 saturated heterocycles. The van der Waals surface area contributed by atoms with Gasteiger partial charge in [-0.3, -0.25) is 9.97 Å². The second kappa shape index (κ2) is 6.77. The average Bonchev–Trinajstić information content (AvgIpc) is 3.08. The fourth-order valence-electron chi connectivity index (χ4n) is 5.50. The molecule has 1 aromatic carbocycles. The van der Waals surface area contributed by atoms with Gasteiger partial charge in [0, 0.05) is 20.1 Å². The summed E-state index contributed by atoms with van der Waals surface area (Å²) < 4.78 is 8.91. The molecule has 0 saturated carbocycles. The number of rotatable bonds is 0. The van der Waals surface area contributed by atoms with E-state index in [0.717, 1.165) is 28.2 Å². The van der Waals surface area contributed by atoms with Crippen LogP contribution in [0.15, 0.2) is 12.1 Å². The molecule has 2 aromatic heterocycles. The van der Waals surface area contributed by atoms with E-state index in [1.54, 1.807) is 0 Å². The summed E-state index contributed by atoms with van der Waals surface area (Å²) in [5, 5.41) is 0. The number of fused-ring (bicyclic) bond motifs is 6. The first kappa shape index (κ1) is 24.6. The Labute approximate surface area is 212 Å². The van der Waals surface area contributed by atoms with Crippen molar-refractivity contribution in [2.24, 2.45) is 5.41 Å². The first-order valence-electron chi connectivity index (χ1n) is 11.6. The Morgan fingerprint density at radius 3 is 2.09 bits per heavy atom. The molecule has 33 heavy (non-hydrogen) atoms. The van der Waals surface area contributed by atoms with E-state index in [-0.39, 0.29) is 41.8 Å². The van der Waals surface area contributed by atoms with E-state index in [4.69, 9.17) is 14.4 Å². The quantitative estimate of drug-likeness (QED) is 0.220. The van der Waals surface area contributed by atoms with Gasteiger partial charge in [-0.05, 0) is 69.8 Å². The van der Waals surface area contributed by atoms with Crippen LogP contribution in [-0.4, -0.2) is 27.7 Å². The number of hydrogen-bond donors (Lipinski definition) is 0. The Morgan fingerprint density at radius 2 is 1.52 bits per heavy atom. The first-order chi connectivity index (χ1) is 14.5. The van der Waals surface area contributed by atoms with Gasteiger partial charge in [0.25, 0.3) is 0 Å². The Kier molecular flexibility index (Phi) is 5.03. The third-order valence-electron chi connectivity index (χ3n) is 8.74. The van der Waals surface area contributed by atoms with E-state index < -0.39 is 8.48 Å². The van der Waals surface area contributed by atoms with Crippen LogP contribution in [0.3, 0.4) is 0 Å². The molecule has 0 bridgehead atoms. The monoisotopic (exact) mass is 640 g/mol. The van der Waals surface area contributed by atoms with Gasteiger partial charge in [-0.1, -0.05) is 62.3 Å². The molecule has 1 aliphatic heterocycles. The third-order valence-corrected chi connectivity index (χ3v) is 11.0. The van der Waals surface area contributed by atoms with Gasteiger partial charge in [-0.2, -0.15) is 0 Å². The molecule has 0 unspecified atom stereocenters. The van der Waals surface area contributed by atoms with E-state index in [9.17, 15) is 0 Å². The number of benzene rings is 1. The van der Waals surface area contributed by atoms with Crippen molar-refractivity contribution in [3.63, 3.8) is 0 Å². The van der Waals surface area contributed by atoms with Crippen molar-refractivity contribution in [2.75, 3.05) is 0 Å². The van der Waals surface area contributed by atoms with Crippen LogP contribution >= 0.6 is 0 Å². The second-order valence-corrected chi connectivity index (χ2v) is 16.2. The van der Waals surface area contributed by atoms with Crippen molar-refractivity contribution in [2.45, 2.75) is 91.7 Å². The molecule has 7 heteroatoms. The predicted molar refractivity (Wildman–Crippen MR) is 132 cm³/mol. The van der Waals surface area contributed by atoms with E-state index in [1.165, 1.54) is 11.1 Å². The van der Waals surface area contributed by atoms with Crippen molar-refractivity contribution in [3.05, 3.63) is 35.3 Å². The number of nitrogens with zero attached hydrogens (tertiary/aromatic N) is 4. The van der Waals surface area contributed by atoms with Gasteiger partial charge in [-0.15, -0.1) is 0 Å². The zero-order valence-corrected chi connectivity index (χ0v) is 25.1. The molecule has 0 fully saturated rings. The maximum Gasteiger partial charge on any atom is 0.342 e. The van der Waals surface area contributed by atoms with Crippen molar-refractivity contribution >= 4 is 19.5 Å². The Hall–Kier alpha value is -1.56. The van der Waals surface area contributed by atoms with Gasteiger partial charge < -0.3 is 13.6 Å². The van der Waals surface area contributed by atoms with Crippen LogP contribution < -0.4 is 4.43 Å². The summed E-state index contributed by atoms with van der Waals surface area (Å²) in [7, 11) is -2.36. The molecular weight excluding hydrogens is 605 g/mol. The van der Waals surface area contributed by atoms with E-state index >= 15 is 0 Å². The zero-order valence-electron chi connectivity index (χ0n) is 21.7. The summed E-state index contributed by atoms with van der Waals surface area (Å²) in [4.78, 5) is 14.5. The number of imidazole rings is 1. The minimum absolute atomic E-state index is 0. The molecule has 2 aliphatic rings. The van der Waals surface area contributed by atoms with Gasteiger partial charge in [0.15, 0.2) is 0 Å². The molecule has 3 aromatic rings. The molecule has 0 amide bonds. The SMILES string of the molecule is CC(C)(C)c1n[c-]c2c(n1)O[Si](C)(C)n1c-2nc2cc3c(cc21)C(C)(C)C(C)(C)C3(C)C.[Ir]. The van der Waals surface area contributed by atoms with Crippen LogP contribution in [0.1, 0.15) is 79.3 Å². The molecular formula is C26H35IrN4OSi-. The minimum atomic E-state index is -2.36. The van der Waals surface area contributed by atoms with E-state index in [0.29, 0.717) is 5.88 Å². The molecule has 179 valence electrons. The fraction of sp³-hybridized carbons (Fsp3) is 0.577. The Bertz CT molecular complexity index is 1300. The second-order valence-electron chi connectivity index (χ2n) is 12.7. The Balaban J connectivity index is 0.00000259. The summed E-state index contributed by atoms with van der Waals surface area (Å²) in [5.74, 6) is 2.26. The van der Waals surface area contributed by atoms with Crippen LogP contribution in [0.25, 0.3) is 22.4 Å². The van der Waals surface area contributed by atoms with Crippen LogP contribution in [0.4, 0.5) is 0 Å². The first-order valence-corrected chi connectivity index (χ1v) is 14.4. The van der Waals surface area contributed by atoms with Gasteiger partial charge >= 0.3 is 8.48 Å². The molecule has 0 atom stereocenters. The van der Waals surface area contributed by atoms with Gasteiger partial charge in [0.2, 0.25) is 0 Å². The summed E-state index contributed by atoms with van der Waals surface area (Å²) in [6.07, 6.45) is 3.22. The molecule has 5 rings (SSSR count). The molecule has 0 N–H and O–H groups in total. The average molecular weight is 640 g/mol. The summed E-state index contributed by atoms with van der Waals surface area (Å²) in [6, 6.07) is 4.70. The predicted octanol–water partition coefficient (Wildman–Crippen LogP) is 6.13. The van der Waals surface area contributed by atoms with Crippen LogP contribution in [0.2, 0.25) is 13.1 Å². The van der Waals surface area contributed by atoms with Crippen LogP contribution in [-0.2, 0) is 36.4 Å². The van der Waals surface area contributed by atoms with Crippen molar-refractivity contribution in [1.82, 2.24) is 19.2 Å². The van der Waals surface area contributed by atoms with Crippen LogP contribution in [0, 0.1) is 11.6 Å². The minimum Gasteiger partial charge on any atom is -0.558 e. The smallest absolute Gasteiger partial charge is 0.342 e. The van der Waals surface area contributed by atoms with E-state index in [1.807, 2.05) is 0 Å². The normalized spacial score (nSPS) is 20.9. The Morgan fingerprint density at radius 1 is 0.939 bits per heavy atom. The van der Waals surface area contributed by atoms with Crippen molar-refractivity contribution < 1.29 is 24.5 Å². The third kappa shape index (κ3) is 3.01. The van der Waals surface area contributed by atoms with Gasteiger partial charge in [0.1, 0.15) is 5.88 Å². The summed E-state index contributed by atoms with van der Waals surface area (Å²) >= 11 is 0. The van der Waals surface area contributed by atoms with Gasteiger partial charge in [-0.25, -0.2) is 0 Å². The number of hydrogen-bond acceptors (Lipinski definition) is 4. The van der Waals surface area contributed by atoms with Crippen LogP contribution in [0.5, 0.6) is 5.88 Å². The molecule has 0 spiro atoms. The maximum atomic E-state index is 6.58. The molecule has 1 radical (unpaired) electrons. The molecule has 1 aliphatic carbocycles. The maximum absolute atomic E-state index is 6.58. The topological polar surface area (TPSA) is 52.8 Å². The number of aromatic nitrogens is 4. The molecule has 5 nitrogen and oxygen atoms in total. The summed E-state index contributed by atoms with van der Waals surface area (Å²) in [5.41, 5.74) is 5.79. The largest absolute Gasteiger partial charge is 0.558 e. The van der Waals surface area contributed by atoms with Gasteiger partial charge in [0.05, 0.1) is 22.7 Å². The van der Waals surface area contributed by atoms with Crippen molar-refractivity contribution in [1.29, 1.82) is 0 Å². The zero-order chi connectivity index (χ0) is 23.6. The van der Waals surface area contributed by atoms with E-state index in [2.05, 4.69) is 103 Å². The van der Waals surface area contributed by atoms with Crippen molar-refractivity contribution in [3.8, 4) is 17.3 Å². The summed E-state index contributed by atoms with van der Waals surface area (Å²) in [6.45, 7) is 25.0. The standard InChI is InChI=1S/C26H35N4OSi.Ir/c1-23(2,3)22-27-14-15-20-28-18-12-16-17(25(6,7)26(8,9)24(16,4)5)13-19(18)30(20)32(10,11)31-21(15)29-22;/h12-13H,1-11H3;/q-1;.